The quantitative estimate of drug-likeness (QED) is 0.943. The highest BCUT2D eigenvalue weighted by molar-refractivity contribution is 7.89. The summed E-state index contributed by atoms with van der Waals surface area (Å²) < 4.78 is 26.8. The first-order valence-electron chi connectivity index (χ1n) is 6.74. The van der Waals surface area contributed by atoms with Crippen molar-refractivity contribution < 1.29 is 8.42 Å². The van der Waals surface area contributed by atoms with Gasteiger partial charge in [0.1, 0.15) is 0 Å². The van der Waals surface area contributed by atoms with Crippen LogP contribution in [0.4, 0.5) is 0 Å². The van der Waals surface area contributed by atoms with E-state index in [1.54, 1.807) is 12.1 Å². The second kappa shape index (κ2) is 5.04. The second-order valence-corrected chi connectivity index (χ2v) is 6.89. The molecule has 0 saturated carbocycles. The summed E-state index contributed by atoms with van der Waals surface area (Å²) in [7, 11) is -1.97. The molecule has 104 valence electrons. The summed E-state index contributed by atoms with van der Waals surface area (Å²) in [6.07, 6.45) is 1.98. The molecule has 1 aliphatic carbocycles. The third kappa shape index (κ3) is 2.15. The average Bonchev–Trinajstić information content (AvgIpc) is 2.91. The molecule has 0 saturated heterocycles. The Kier molecular flexibility index (Phi) is 3.36. The Hall–Kier alpha value is -1.65. The molecule has 1 unspecified atom stereocenters. The van der Waals surface area contributed by atoms with Crippen LogP contribution in [0.2, 0.25) is 0 Å². The summed E-state index contributed by atoms with van der Waals surface area (Å²) in [4.78, 5) is 0.393. The zero-order chi connectivity index (χ0) is 14.2. The van der Waals surface area contributed by atoms with Crippen LogP contribution in [-0.4, -0.2) is 15.5 Å². The normalized spacial score (nSPS) is 17.9. The van der Waals surface area contributed by atoms with Crippen LogP contribution in [0.5, 0.6) is 0 Å². The maximum absolute atomic E-state index is 12.2. The van der Waals surface area contributed by atoms with Crippen LogP contribution in [0, 0.1) is 0 Å². The smallest absolute Gasteiger partial charge is 0.214 e. The number of sulfonamides is 1. The first-order chi connectivity index (χ1) is 9.63. The van der Waals surface area contributed by atoms with Crippen LogP contribution in [0.1, 0.15) is 29.0 Å². The predicted octanol–water partition coefficient (Wildman–Crippen LogP) is 2.67. The van der Waals surface area contributed by atoms with Gasteiger partial charge in [-0.05, 0) is 42.6 Å². The molecule has 0 fully saturated rings. The van der Waals surface area contributed by atoms with Crippen LogP contribution < -0.4 is 4.72 Å². The van der Waals surface area contributed by atoms with Gasteiger partial charge >= 0.3 is 0 Å². The van der Waals surface area contributed by atoms with Gasteiger partial charge in [0.05, 0.1) is 4.90 Å². The zero-order valence-corrected chi connectivity index (χ0v) is 12.2. The third-order valence-electron chi connectivity index (χ3n) is 3.99. The third-order valence-corrected chi connectivity index (χ3v) is 5.47. The molecule has 3 rings (SSSR count). The van der Waals surface area contributed by atoms with Crippen molar-refractivity contribution in [2.24, 2.45) is 0 Å². The fourth-order valence-electron chi connectivity index (χ4n) is 3.00. The molecule has 0 radical (unpaired) electrons. The summed E-state index contributed by atoms with van der Waals surface area (Å²) in [5.41, 5.74) is 3.48. The summed E-state index contributed by atoms with van der Waals surface area (Å²) in [5, 5.41) is 0. The lowest BCUT2D eigenvalue weighted by molar-refractivity contribution is 0.585. The summed E-state index contributed by atoms with van der Waals surface area (Å²) in [5.74, 6) is 0.172. The van der Waals surface area contributed by atoms with E-state index in [0.29, 0.717) is 4.90 Å². The van der Waals surface area contributed by atoms with Gasteiger partial charge in [-0.15, -0.1) is 0 Å². The molecule has 0 amide bonds. The zero-order valence-electron chi connectivity index (χ0n) is 11.3. The molecule has 0 heterocycles. The van der Waals surface area contributed by atoms with Gasteiger partial charge in [0, 0.05) is 5.92 Å². The molecular formula is C16H17NO2S. The maximum atomic E-state index is 12.2. The summed E-state index contributed by atoms with van der Waals surface area (Å²) in [6, 6.07) is 15.6. The fourth-order valence-corrected chi connectivity index (χ4v) is 4.00. The molecule has 0 aromatic heterocycles. The van der Waals surface area contributed by atoms with Crippen molar-refractivity contribution in [1.29, 1.82) is 0 Å². The van der Waals surface area contributed by atoms with E-state index in [4.69, 9.17) is 0 Å². The predicted molar refractivity (Wildman–Crippen MR) is 79.3 cm³/mol. The van der Waals surface area contributed by atoms with Crippen molar-refractivity contribution in [3.05, 3.63) is 65.2 Å². The number of hydrogen-bond acceptors (Lipinski definition) is 2. The highest BCUT2D eigenvalue weighted by Gasteiger charge is 2.28. The molecule has 2 aromatic carbocycles. The van der Waals surface area contributed by atoms with Crippen molar-refractivity contribution in [3.8, 4) is 0 Å². The lowest BCUT2D eigenvalue weighted by Gasteiger charge is -2.16. The van der Waals surface area contributed by atoms with Crippen molar-refractivity contribution in [2.75, 3.05) is 7.05 Å². The monoisotopic (exact) mass is 287 g/mol. The van der Waals surface area contributed by atoms with E-state index in [2.05, 4.69) is 16.9 Å². The summed E-state index contributed by atoms with van der Waals surface area (Å²) >= 11 is 0. The molecule has 0 bridgehead atoms. The SMILES string of the molecule is CNS(=O)(=O)c1ccccc1C1CCc2ccccc21. The van der Waals surface area contributed by atoms with Gasteiger partial charge in [0.25, 0.3) is 0 Å². The lowest BCUT2D eigenvalue weighted by Crippen LogP contribution is -2.20. The molecule has 1 aliphatic rings. The van der Waals surface area contributed by atoms with E-state index in [-0.39, 0.29) is 5.92 Å². The van der Waals surface area contributed by atoms with Crippen molar-refractivity contribution in [1.82, 2.24) is 4.72 Å². The Morgan fingerprint density at radius 1 is 1.00 bits per heavy atom. The minimum absolute atomic E-state index is 0.172. The largest absolute Gasteiger partial charge is 0.240 e. The topological polar surface area (TPSA) is 46.2 Å². The molecule has 1 N–H and O–H groups in total. The second-order valence-electron chi connectivity index (χ2n) is 5.04. The number of benzene rings is 2. The van der Waals surface area contributed by atoms with Gasteiger partial charge < -0.3 is 0 Å². The van der Waals surface area contributed by atoms with Gasteiger partial charge in [-0.2, -0.15) is 0 Å². The standard InChI is InChI=1S/C16H17NO2S/c1-17-20(18,19)16-9-5-4-8-15(16)14-11-10-12-6-2-3-7-13(12)14/h2-9,14,17H,10-11H2,1H3. The highest BCUT2D eigenvalue weighted by Crippen LogP contribution is 2.40. The van der Waals surface area contributed by atoms with E-state index in [0.717, 1.165) is 18.4 Å². The lowest BCUT2D eigenvalue weighted by atomic mass is 9.93. The van der Waals surface area contributed by atoms with Gasteiger partial charge in [-0.1, -0.05) is 42.5 Å². The molecule has 0 aliphatic heterocycles. The van der Waals surface area contributed by atoms with E-state index in [1.807, 2.05) is 24.3 Å². The van der Waals surface area contributed by atoms with Crippen LogP contribution in [0.3, 0.4) is 0 Å². The number of rotatable bonds is 3. The molecule has 20 heavy (non-hydrogen) atoms. The maximum Gasteiger partial charge on any atom is 0.240 e. The van der Waals surface area contributed by atoms with Crippen LogP contribution in [-0.2, 0) is 16.4 Å². The Balaban J connectivity index is 2.14. The Morgan fingerprint density at radius 2 is 1.65 bits per heavy atom. The fraction of sp³-hybridized carbons (Fsp3) is 0.250. The number of fused-ring (bicyclic) bond motifs is 1. The summed E-state index contributed by atoms with van der Waals surface area (Å²) in [6.45, 7) is 0. The Labute approximate surface area is 119 Å². The number of hydrogen-bond donors (Lipinski definition) is 1. The van der Waals surface area contributed by atoms with Gasteiger partial charge in [-0.25, -0.2) is 13.1 Å². The van der Waals surface area contributed by atoms with Crippen molar-refractivity contribution in [2.45, 2.75) is 23.7 Å². The van der Waals surface area contributed by atoms with Crippen LogP contribution in [0.15, 0.2) is 53.4 Å². The number of aryl methyl sites for hydroxylation is 1. The number of nitrogens with one attached hydrogen (secondary N) is 1. The molecule has 4 heteroatoms. The minimum Gasteiger partial charge on any atom is -0.214 e. The van der Waals surface area contributed by atoms with E-state index in [9.17, 15) is 8.42 Å². The van der Waals surface area contributed by atoms with Gasteiger partial charge in [0.2, 0.25) is 10.0 Å². The van der Waals surface area contributed by atoms with Crippen molar-refractivity contribution >= 4 is 10.0 Å². The van der Waals surface area contributed by atoms with Crippen LogP contribution in [0.25, 0.3) is 0 Å². The van der Waals surface area contributed by atoms with E-state index < -0.39 is 10.0 Å². The molecule has 1 atom stereocenters. The molecule has 2 aromatic rings. The molecular weight excluding hydrogens is 270 g/mol. The van der Waals surface area contributed by atoms with E-state index in [1.165, 1.54) is 18.2 Å². The highest BCUT2D eigenvalue weighted by atomic mass is 32.2. The van der Waals surface area contributed by atoms with Gasteiger partial charge in [-0.3, -0.25) is 0 Å². The van der Waals surface area contributed by atoms with Crippen LogP contribution >= 0.6 is 0 Å². The van der Waals surface area contributed by atoms with E-state index >= 15 is 0 Å². The molecule has 0 spiro atoms. The first kappa shape index (κ1) is 13.3. The van der Waals surface area contributed by atoms with Crippen molar-refractivity contribution in [3.63, 3.8) is 0 Å². The molecule has 3 nitrogen and oxygen atoms in total. The first-order valence-corrected chi connectivity index (χ1v) is 8.22. The minimum atomic E-state index is -3.42. The Morgan fingerprint density at radius 3 is 2.40 bits per heavy atom. The van der Waals surface area contributed by atoms with Gasteiger partial charge in [0.15, 0.2) is 0 Å². The average molecular weight is 287 g/mol. The Bertz CT molecular complexity index is 738.